The van der Waals surface area contributed by atoms with E-state index in [1.165, 1.54) is 5.56 Å². The van der Waals surface area contributed by atoms with Crippen molar-refractivity contribution in [3.8, 4) is 0 Å². The fourth-order valence-corrected chi connectivity index (χ4v) is 3.84. The zero-order valence-corrected chi connectivity index (χ0v) is 21.9. The van der Waals surface area contributed by atoms with Crippen LogP contribution < -0.4 is 5.32 Å². The van der Waals surface area contributed by atoms with Gasteiger partial charge in [0.2, 0.25) is 11.8 Å². The van der Waals surface area contributed by atoms with Crippen molar-refractivity contribution >= 4 is 35.0 Å². The normalized spacial score (nSPS) is 12.3. The molecular formula is C27H36Cl2N2O2. The molecule has 0 aromatic heterocycles. The Morgan fingerprint density at radius 2 is 1.64 bits per heavy atom. The zero-order chi connectivity index (χ0) is 24.6. The van der Waals surface area contributed by atoms with E-state index < -0.39 is 6.04 Å². The molecule has 2 aromatic rings. The highest BCUT2D eigenvalue weighted by Crippen LogP contribution is 2.25. The lowest BCUT2D eigenvalue weighted by molar-refractivity contribution is -0.140. The summed E-state index contributed by atoms with van der Waals surface area (Å²) in [6, 6.07) is 13.1. The van der Waals surface area contributed by atoms with Crippen molar-refractivity contribution in [1.82, 2.24) is 10.2 Å². The highest BCUT2D eigenvalue weighted by Gasteiger charge is 2.26. The predicted molar refractivity (Wildman–Crippen MR) is 138 cm³/mol. The Labute approximate surface area is 208 Å². The Hall–Kier alpha value is -2.04. The van der Waals surface area contributed by atoms with Gasteiger partial charge in [0.1, 0.15) is 6.04 Å². The molecule has 0 heterocycles. The molecule has 1 atom stereocenters. The van der Waals surface area contributed by atoms with Gasteiger partial charge in [-0.25, -0.2) is 0 Å². The van der Waals surface area contributed by atoms with Crippen LogP contribution in [-0.2, 0) is 28.0 Å². The van der Waals surface area contributed by atoms with Crippen molar-refractivity contribution in [2.24, 2.45) is 0 Å². The van der Waals surface area contributed by atoms with Gasteiger partial charge in [-0.15, -0.1) is 0 Å². The second-order valence-corrected chi connectivity index (χ2v) is 10.4. The molecule has 6 heteroatoms. The van der Waals surface area contributed by atoms with Gasteiger partial charge in [0, 0.05) is 19.5 Å². The van der Waals surface area contributed by atoms with E-state index in [0.717, 1.165) is 24.0 Å². The molecule has 0 radical (unpaired) electrons. The molecule has 2 amide bonds. The van der Waals surface area contributed by atoms with E-state index in [1.807, 2.05) is 6.07 Å². The number of hydrogen-bond acceptors (Lipinski definition) is 2. The summed E-state index contributed by atoms with van der Waals surface area (Å²) in [5.41, 5.74) is 3.29. The molecule has 2 rings (SSSR count). The third-order valence-electron chi connectivity index (χ3n) is 5.78. The molecule has 0 fully saturated rings. The number of carbonyl (C=O) groups excluding carboxylic acids is 2. The summed E-state index contributed by atoms with van der Waals surface area (Å²) in [6.45, 7) is 11.3. The summed E-state index contributed by atoms with van der Waals surface area (Å²) >= 11 is 12.2. The molecule has 0 unspecified atom stereocenters. The molecule has 1 N–H and O–H groups in total. The minimum atomic E-state index is -0.591. The van der Waals surface area contributed by atoms with Gasteiger partial charge in [-0.2, -0.15) is 0 Å². The summed E-state index contributed by atoms with van der Waals surface area (Å²) in [6.07, 6.45) is 2.84. The zero-order valence-electron chi connectivity index (χ0n) is 20.4. The summed E-state index contributed by atoms with van der Waals surface area (Å²) in [4.78, 5) is 27.6. The summed E-state index contributed by atoms with van der Waals surface area (Å²) < 4.78 is 0. The van der Waals surface area contributed by atoms with Crippen LogP contribution in [-0.4, -0.2) is 29.3 Å². The average Bonchev–Trinajstić information content (AvgIpc) is 2.77. The molecule has 0 saturated heterocycles. The molecule has 0 aliphatic heterocycles. The molecule has 33 heavy (non-hydrogen) atoms. The fraction of sp³-hybridized carbons (Fsp3) is 0.481. The molecule has 0 aliphatic carbocycles. The van der Waals surface area contributed by atoms with Crippen LogP contribution in [0, 0.1) is 0 Å². The van der Waals surface area contributed by atoms with Gasteiger partial charge < -0.3 is 10.2 Å². The second-order valence-electron chi connectivity index (χ2n) is 9.54. The fourth-order valence-electron chi connectivity index (χ4n) is 3.52. The lowest BCUT2D eigenvalue weighted by Gasteiger charge is -2.29. The van der Waals surface area contributed by atoms with Gasteiger partial charge in [0.05, 0.1) is 10.0 Å². The van der Waals surface area contributed by atoms with Crippen LogP contribution in [0.3, 0.4) is 0 Å². The maximum atomic E-state index is 13.3. The van der Waals surface area contributed by atoms with Gasteiger partial charge in [-0.1, -0.05) is 87.6 Å². The van der Waals surface area contributed by atoms with Crippen molar-refractivity contribution in [2.75, 3.05) is 6.54 Å². The molecule has 0 bridgehead atoms. The van der Waals surface area contributed by atoms with Crippen molar-refractivity contribution in [2.45, 2.75) is 78.3 Å². The largest absolute Gasteiger partial charge is 0.354 e. The quantitative estimate of drug-likeness (QED) is 0.383. The Balaban J connectivity index is 2.14. The number of hydrogen-bond donors (Lipinski definition) is 1. The maximum absolute atomic E-state index is 13.3. The average molecular weight is 492 g/mol. The Morgan fingerprint density at radius 3 is 2.21 bits per heavy atom. The SMILES string of the molecule is CCCCNC(=O)[C@@H](C)N(Cc1ccc(Cl)c(Cl)c1)C(=O)CCc1ccc(C(C)(C)C)cc1. The first-order chi connectivity index (χ1) is 15.5. The Kier molecular flexibility index (Phi) is 10.2. The van der Waals surface area contributed by atoms with Crippen LogP contribution in [0.4, 0.5) is 0 Å². The first kappa shape index (κ1) is 27.2. The van der Waals surface area contributed by atoms with Crippen molar-refractivity contribution in [3.63, 3.8) is 0 Å². The number of halogens is 2. The molecule has 180 valence electrons. The third kappa shape index (κ3) is 8.35. The van der Waals surface area contributed by atoms with Crippen LogP contribution in [0.1, 0.15) is 70.6 Å². The van der Waals surface area contributed by atoms with Crippen LogP contribution in [0.2, 0.25) is 10.0 Å². The van der Waals surface area contributed by atoms with E-state index in [0.29, 0.717) is 36.0 Å². The van der Waals surface area contributed by atoms with Gasteiger partial charge in [-0.3, -0.25) is 9.59 Å². The molecule has 0 spiro atoms. The molecular weight excluding hydrogens is 455 g/mol. The lowest BCUT2D eigenvalue weighted by Crippen LogP contribution is -2.47. The maximum Gasteiger partial charge on any atom is 0.242 e. The van der Waals surface area contributed by atoms with Gasteiger partial charge in [-0.05, 0) is 54.0 Å². The van der Waals surface area contributed by atoms with Crippen LogP contribution in [0.25, 0.3) is 0 Å². The number of aryl methyl sites for hydroxylation is 1. The number of benzene rings is 2. The number of amides is 2. The van der Waals surface area contributed by atoms with E-state index in [2.05, 4.69) is 57.3 Å². The predicted octanol–water partition coefficient (Wildman–Crippen LogP) is 6.56. The lowest BCUT2D eigenvalue weighted by atomic mass is 9.86. The molecule has 0 aliphatic rings. The number of unbranched alkanes of at least 4 members (excludes halogenated alkanes) is 1. The van der Waals surface area contributed by atoms with Crippen LogP contribution in [0.5, 0.6) is 0 Å². The van der Waals surface area contributed by atoms with E-state index in [9.17, 15) is 9.59 Å². The van der Waals surface area contributed by atoms with Crippen molar-refractivity contribution in [3.05, 3.63) is 69.2 Å². The second kappa shape index (κ2) is 12.4. The minimum absolute atomic E-state index is 0.0703. The molecule has 4 nitrogen and oxygen atoms in total. The minimum Gasteiger partial charge on any atom is -0.354 e. The summed E-state index contributed by atoms with van der Waals surface area (Å²) in [5, 5.41) is 3.83. The van der Waals surface area contributed by atoms with Crippen LogP contribution >= 0.6 is 23.2 Å². The summed E-state index contributed by atoms with van der Waals surface area (Å²) in [7, 11) is 0. The van der Waals surface area contributed by atoms with Crippen molar-refractivity contribution < 1.29 is 9.59 Å². The Morgan fingerprint density at radius 1 is 1.00 bits per heavy atom. The highest BCUT2D eigenvalue weighted by atomic mass is 35.5. The van der Waals surface area contributed by atoms with Gasteiger partial charge in [0.25, 0.3) is 0 Å². The summed E-state index contributed by atoms with van der Waals surface area (Å²) in [5.74, 6) is -0.217. The first-order valence-corrected chi connectivity index (χ1v) is 12.4. The first-order valence-electron chi connectivity index (χ1n) is 11.6. The molecule has 0 saturated carbocycles. The third-order valence-corrected chi connectivity index (χ3v) is 6.52. The number of nitrogens with zero attached hydrogens (tertiary/aromatic N) is 1. The van der Waals surface area contributed by atoms with E-state index in [-0.39, 0.29) is 17.2 Å². The number of carbonyl (C=O) groups is 2. The van der Waals surface area contributed by atoms with Crippen LogP contribution in [0.15, 0.2) is 42.5 Å². The number of nitrogens with one attached hydrogen (secondary N) is 1. The monoisotopic (exact) mass is 490 g/mol. The van der Waals surface area contributed by atoms with E-state index >= 15 is 0 Å². The highest BCUT2D eigenvalue weighted by molar-refractivity contribution is 6.42. The van der Waals surface area contributed by atoms with E-state index in [1.54, 1.807) is 24.0 Å². The van der Waals surface area contributed by atoms with Gasteiger partial charge >= 0.3 is 0 Å². The topological polar surface area (TPSA) is 49.4 Å². The van der Waals surface area contributed by atoms with Crippen molar-refractivity contribution in [1.29, 1.82) is 0 Å². The number of rotatable bonds is 10. The smallest absolute Gasteiger partial charge is 0.242 e. The standard InChI is InChI=1S/C27H36Cl2N2O2/c1-6-7-16-30-26(33)19(2)31(18-21-10-14-23(28)24(29)17-21)25(32)15-11-20-8-12-22(13-9-20)27(3,4)5/h8-10,12-14,17,19H,6-7,11,15-16,18H2,1-5H3,(H,30,33)/t19-/m1/s1. The van der Waals surface area contributed by atoms with E-state index in [4.69, 9.17) is 23.2 Å². The molecule has 2 aromatic carbocycles. The Bertz CT molecular complexity index is 936. The van der Waals surface area contributed by atoms with Gasteiger partial charge in [0.15, 0.2) is 0 Å².